The van der Waals surface area contributed by atoms with Crippen LogP contribution in [-0.2, 0) is 4.74 Å². The lowest BCUT2D eigenvalue weighted by molar-refractivity contribution is -0.208. The van der Waals surface area contributed by atoms with E-state index >= 15 is 0 Å². The number of alkyl halides is 3. The van der Waals surface area contributed by atoms with Crippen molar-refractivity contribution < 1.29 is 13.5 Å². The van der Waals surface area contributed by atoms with E-state index in [1.165, 1.54) is 19.1 Å². The van der Waals surface area contributed by atoms with Crippen LogP contribution in [0, 0.1) is 0 Å². The molecule has 0 amide bonds. The average Bonchev–Trinajstić information content (AvgIpc) is 2.27. The molecule has 0 aromatic rings. The van der Waals surface area contributed by atoms with Gasteiger partial charge in [-0.05, 0) is 14.0 Å². The van der Waals surface area contributed by atoms with Gasteiger partial charge in [0.25, 0.3) is 0 Å². The summed E-state index contributed by atoms with van der Waals surface area (Å²) in [5.74, 6) is 0. The quantitative estimate of drug-likeness (QED) is 0.446. The molecule has 14 heavy (non-hydrogen) atoms. The smallest absolute Gasteiger partial charge is 0.370 e. The van der Waals surface area contributed by atoms with Crippen LogP contribution in [0.3, 0.4) is 0 Å². The summed E-state index contributed by atoms with van der Waals surface area (Å²) in [6.07, 6.45) is -2.86. The fourth-order valence-electron chi connectivity index (χ4n) is 1.49. The highest BCUT2D eigenvalue weighted by Crippen LogP contribution is 2.38. The highest BCUT2D eigenvalue weighted by atomic mass is 127. The molecule has 6 heteroatoms. The topological polar surface area (TPSA) is 15.7 Å². The second-order valence-electron chi connectivity index (χ2n) is 3.42. The van der Waals surface area contributed by atoms with Crippen molar-refractivity contribution in [1.82, 2.24) is 9.80 Å². The van der Waals surface area contributed by atoms with Crippen LogP contribution in [0.4, 0.5) is 8.78 Å². The first-order valence-corrected chi connectivity index (χ1v) is 5.68. The third-order valence-corrected chi connectivity index (χ3v) is 4.33. The summed E-state index contributed by atoms with van der Waals surface area (Å²) in [6, 6.07) is -0.151. The number of likely N-dealkylation sites (N-methyl/N-ethyl adjacent to an activating group) is 1. The molecule has 3 nitrogen and oxygen atoms in total. The zero-order valence-corrected chi connectivity index (χ0v) is 10.7. The molecule has 1 aliphatic heterocycles. The number of halogens is 3. The molecule has 1 fully saturated rings. The first-order chi connectivity index (χ1) is 6.42. The van der Waals surface area contributed by atoms with E-state index in [2.05, 4.69) is 0 Å². The van der Waals surface area contributed by atoms with Gasteiger partial charge in [0, 0.05) is 19.7 Å². The Bertz CT molecular complexity index is 206. The molecule has 0 radical (unpaired) electrons. The third kappa shape index (κ3) is 2.02. The summed E-state index contributed by atoms with van der Waals surface area (Å²) < 4.78 is 31.9. The van der Waals surface area contributed by atoms with Crippen LogP contribution in [0.25, 0.3) is 0 Å². The fourth-order valence-corrected chi connectivity index (χ4v) is 2.58. The molecular weight excluding hydrogens is 305 g/mol. The van der Waals surface area contributed by atoms with Crippen LogP contribution >= 0.6 is 22.6 Å². The molecule has 1 heterocycles. The Morgan fingerprint density at radius 2 is 2.07 bits per heavy atom. The molecule has 1 aliphatic rings. The summed E-state index contributed by atoms with van der Waals surface area (Å²) in [6.45, 7) is 2.39. The molecule has 0 aromatic heterocycles. The highest BCUT2D eigenvalue weighted by Gasteiger charge is 2.54. The normalized spacial score (nSPS) is 33.9. The number of hydrogen-bond acceptors (Lipinski definition) is 3. The zero-order chi connectivity index (χ0) is 10.9. The SMILES string of the molecule is COCCN1C(I)C(C)N(C)C1(F)F. The lowest BCUT2D eigenvalue weighted by Gasteiger charge is -2.27. The Morgan fingerprint density at radius 1 is 1.50 bits per heavy atom. The first-order valence-electron chi connectivity index (χ1n) is 4.43. The zero-order valence-electron chi connectivity index (χ0n) is 8.51. The van der Waals surface area contributed by atoms with Crippen molar-refractivity contribution in [2.45, 2.75) is 23.2 Å². The Balaban J connectivity index is 2.72. The van der Waals surface area contributed by atoms with E-state index in [1.807, 2.05) is 22.6 Å². The maximum absolute atomic E-state index is 13.6. The van der Waals surface area contributed by atoms with Crippen molar-refractivity contribution in [1.29, 1.82) is 0 Å². The Hall–Kier alpha value is 0.470. The molecular formula is C8H15F2IN2O. The molecule has 2 unspecified atom stereocenters. The third-order valence-electron chi connectivity index (χ3n) is 2.61. The lowest BCUT2D eigenvalue weighted by Crippen LogP contribution is -2.46. The van der Waals surface area contributed by atoms with Crippen molar-refractivity contribution in [2.75, 3.05) is 27.3 Å². The summed E-state index contributed by atoms with van der Waals surface area (Å²) in [5.41, 5.74) is 0. The fraction of sp³-hybridized carbons (Fsp3) is 1.00. The molecule has 1 rings (SSSR count). The van der Waals surface area contributed by atoms with Crippen LogP contribution in [0.1, 0.15) is 6.92 Å². The van der Waals surface area contributed by atoms with E-state index in [-0.39, 0.29) is 16.6 Å². The number of hydrogen-bond donors (Lipinski definition) is 0. The van der Waals surface area contributed by atoms with Gasteiger partial charge in [-0.2, -0.15) is 8.78 Å². The van der Waals surface area contributed by atoms with Crippen molar-refractivity contribution in [2.24, 2.45) is 0 Å². The van der Waals surface area contributed by atoms with Crippen molar-refractivity contribution in [3.8, 4) is 0 Å². The van der Waals surface area contributed by atoms with Crippen LogP contribution in [0.5, 0.6) is 0 Å². The largest absolute Gasteiger partial charge is 0.383 e. The number of ether oxygens (including phenoxy) is 1. The lowest BCUT2D eigenvalue weighted by atomic mass is 10.3. The maximum Gasteiger partial charge on any atom is 0.370 e. The summed E-state index contributed by atoms with van der Waals surface area (Å²) in [4.78, 5) is 2.27. The van der Waals surface area contributed by atoms with Gasteiger partial charge in [0.1, 0.15) is 0 Å². The molecule has 0 bridgehead atoms. The van der Waals surface area contributed by atoms with E-state index in [0.717, 1.165) is 4.90 Å². The molecule has 0 saturated carbocycles. The molecule has 0 N–H and O–H groups in total. The monoisotopic (exact) mass is 320 g/mol. The van der Waals surface area contributed by atoms with Gasteiger partial charge in [-0.3, -0.25) is 0 Å². The predicted octanol–water partition coefficient (Wildman–Crippen LogP) is 1.58. The molecule has 2 atom stereocenters. The van der Waals surface area contributed by atoms with Gasteiger partial charge in [-0.15, -0.1) is 0 Å². The number of rotatable bonds is 3. The highest BCUT2D eigenvalue weighted by molar-refractivity contribution is 14.1. The van der Waals surface area contributed by atoms with Crippen LogP contribution in [0.15, 0.2) is 0 Å². The van der Waals surface area contributed by atoms with E-state index in [4.69, 9.17) is 4.74 Å². The van der Waals surface area contributed by atoms with Crippen molar-refractivity contribution in [3.05, 3.63) is 0 Å². The second-order valence-corrected chi connectivity index (χ2v) is 4.70. The van der Waals surface area contributed by atoms with Gasteiger partial charge < -0.3 is 4.74 Å². The summed E-state index contributed by atoms with van der Waals surface area (Å²) >= 11 is 2.05. The Kier molecular flexibility index (Phi) is 4.07. The molecule has 0 spiro atoms. The van der Waals surface area contributed by atoms with Crippen molar-refractivity contribution in [3.63, 3.8) is 0 Å². The minimum atomic E-state index is -2.86. The van der Waals surface area contributed by atoms with Crippen molar-refractivity contribution >= 4 is 22.6 Å². The molecule has 84 valence electrons. The maximum atomic E-state index is 13.6. The second kappa shape index (κ2) is 4.54. The van der Waals surface area contributed by atoms with Gasteiger partial charge in [0.2, 0.25) is 0 Å². The van der Waals surface area contributed by atoms with Gasteiger partial charge in [-0.1, -0.05) is 22.6 Å². The summed E-state index contributed by atoms with van der Waals surface area (Å²) in [5, 5.41) is 0. The average molecular weight is 320 g/mol. The standard InChI is InChI=1S/C8H15F2IN2O/c1-6-7(11)13(4-5-14-3)8(9,10)12(6)2/h6-7H,4-5H2,1-3H3. The molecule has 1 saturated heterocycles. The number of methoxy groups -OCH3 is 1. The van der Waals surface area contributed by atoms with Crippen LogP contribution in [0.2, 0.25) is 0 Å². The van der Waals surface area contributed by atoms with Gasteiger partial charge >= 0.3 is 6.17 Å². The summed E-state index contributed by atoms with van der Waals surface area (Å²) in [7, 11) is 2.96. The van der Waals surface area contributed by atoms with Gasteiger partial charge in [0.15, 0.2) is 0 Å². The Morgan fingerprint density at radius 3 is 2.43 bits per heavy atom. The van der Waals surface area contributed by atoms with E-state index < -0.39 is 6.17 Å². The van der Waals surface area contributed by atoms with E-state index in [0.29, 0.717) is 6.61 Å². The van der Waals surface area contributed by atoms with E-state index in [9.17, 15) is 8.78 Å². The Labute approximate surface area is 96.5 Å². The van der Waals surface area contributed by atoms with Crippen LogP contribution in [-0.4, -0.2) is 53.4 Å². The number of nitrogens with zero attached hydrogens (tertiary/aromatic N) is 2. The first kappa shape index (κ1) is 12.5. The minimum Gasteiger partial charge on any atom is -0.383 e. The predicted molar refractivity (Wildman–Crippen MR) is 58.6 cm³/mol. The van der Waals surface area contributed by atoms with Gasteiger partial charge in [-0.25, -0.2) is 9.80 Å². The molecule has 0 aromatic carbocycles. The molecule has 0 aliphatic carbocycles. The minimum absolute atomic E-state index is 0.151. The van der Waals surface area contributed by atoms with Crippen LogP contribution < -0.4 is 0 Å². The van der Waals surface area contributed by atoms with Gasteiger partial charge in [0.05, 0.1) is 10.7 Å². The van der Waals surface area contributed by atoms with E-state index in [1.54, 1.807) is 6.92 Å².